The molecule has 15 heavy (non-hydrogen) atoms. The van der Waals surface area contributed by atoms with Crippen LogP contribution in [0, 0.1) is 0 Å². The predicted molar refractivity (Wildman–Crippen MR) is 55.5 cm³/mol. The third-order valence-corrected chi connectivity index (χ3v) is 3.06. The molecule has 0 saturated heterocycles. The lowest BCUT2D eigenvalue weighted by molar-refractivity contribution is -0.114. The van der Waals surface area contributed by atoms with Gasteiger partial charge in [-0.1, -0.05) is 5.57 Å². The Balaban J connectivity index is 2.35. The first-order chi connectivity index (χ1) is 7.24. The van der Waals surface area contributed by atoms with Gasteiger partial charge in [0, 0.05) is 12.1 Å². The van der Waals surface area contributed by atoms with Crippen LogP contribution in [0.25, 0.3) is 0 Å². The molecule has 0 bridgehead atoms. The Kier molecular flexibility index (Phi) is 2.58. The Morgan fingerprint density at radius 2 is 2.07 bits per heavy atom. The normalized spacial score (nSPS) is 20.3. The first-order valence-corrected chi connectivity index (χ1v) is 5.18. The van der Waals surface area contributed by atoms with Gasteiger partial charge < -0.3 is 11.1 Å². The van der Waals surface area contributed by atoms with Crippen molar-refractivity contribution in [3.63, 3.8) is 0 Å². The third-order valence-electron chi connectivity index (χ3n) is 3.06. The summed E-state index contributed by atoms with van der Waals surface area (Å²) in [6, 6.07) is 0. The van der Waals surface area contributed by atoms with Gasteiger partial charge in [-0.15, -0.1) is 0 Å². The molecule has 2 aliphatic rings. The molecule has 2 aliphatic carbocycles. The highest BCUT2D eigenvalue weighted by molar-refractivity contribution is 5.99. The highest BCUT2D eigenvalue weighted by atomic mass is 16.1. The maximum atomic E-state index is 11.3. The van der Waals surface area contributed by atoms with Crippen LogP contribution in [-0.2, 0) is 9.59 Å². The lowest BCUT2D eigenvalue weighted by Gasteiger charge is -2.14. The van der Waals surface area contributed by atoms with E-state index in [0.717, 1.165) is 24.8 Å². The average Bonchev–Trinajstić information content (AvgIpc) is 2.56. The molecule has 0 radical (unpaired) electrons. The van der Waals surface area contributed by atoms with Crippen molar-refractivity contribution < 1.29 is 9.59 Å². The SMILES string of the molecule is NC(=O)C1=C(NC=O)CC2=C1CCCC2. The molecule has 0 atom stereocenters. The molecule has 0 aromatic carbocycles. The van der Waals surface area contributed by atoms with Gasteiger partial charge in [-0.25, -0.2) is 0 Å². The van der Waals surface area contributed by atoms with Gasteiger partial charge in [-0.3, -0.25) is 9.59 Å². The van der Waals surface area contributed by atoms with Gasteiger partial charge in [0.15, 0.2) is 0 Å². The third kappa shape index (κ3) is 1.67. The summed E-state index contributed by atoms with van der Waals surface area (Å²) in [7, 11) is 0. The van der Waals surface area contributed by atoms with Crippen molar-refractivity contribution in [3.05, 3.63) is 22.4 Å². The van der Waals surface area contributed by atoms with Gasteiger partial charge in [0.1, 0.15) is 0 Å². The molecule has 0 unspecified atom stereocenters. The topological polar surface area (TPSA) is 72.2 Å². The molecule has 0 aromatic rings. The Morgan fingerprint density at radius 1 is 1.33 bits per heavy atom. The van der Waals surface area contributed by atoms with Gasteiger partial charge in [0.2, 0.25) is 6.41 Å². The van der Waals surface area contributed by atoms with Crippen LogP contribution in [0.5, 0.6) is 0 Å². The monoisotopic (exact) mass is 206 g/mol. The van der Waals surface area contributed by atoms with Gasteiger partial charge >= 0.3 is 0 Å². The predicted octanol–water partition coefficient (Wildman–Crippen LogP) is 0.746. The molecule has 80 valence electrons. The minimum Gasteiger partial charge on any atom is -0.366 e. The van der Waals surface area contributed by atoms with Crippen LogP contribution in [0.1, 0.15) is 32.1 Å². The summed E-state index contributed by atoms with van der Waals surface area (Å²) in [6.45, 7) is 0. The van der Waals surface area contributed by atoms with Gasteiger partial charge in [-0.2, -0.15) is 0 Å². The van der Waals surface area contributed by atoms with E-state index < -0.39 is 5.91 Å². The maximum Gasteiger partial charge on any atom is 0.250 e. The van der Waals surface area contributed by atoms with Crippen LogP contribution in [0.3, 0.4) is 0 Å². The molecular weight excluding hydrogens is 192 g/mol. The van der Waals surface area contributed by atoms with Crippen LogP contribution in [0.2, 0.25) is 0 Å². The summed E-state index contributed by atoms with van der Waals surface area (Å²) in [4.78, 5) is 21.7. The summed E-state index contributed by atoms with van der Waals surface area (Å²) in [6.07, 6.45) is 5.50. The van der Waals surface area contributed by atoms with E-state index in [1.807, 2.05) is 0 Å². The second kappa shape index (κ2) is 3.88. The number of nitrogens with two attached hydrogens (primary N) is 1. The zero-order valence-corrected chi connectivity index (χ0v) is 8.51. The lowest BCUT2D eigenvalue weighted by atomic mass is 9.91. The minimum atomic E-state index is -0.425. The first kappa shape index (κ1) is 9.96. The first-order valence-electron chi connectivity index (χ1n) is 5.18. The Bertz CT molecular complexity index is 380. The van der Waals surface area contributed by atoms with Crippen LogP contribution in [-0.4, -0.2) is 12.3 Å². The average molecular weight is 206 g/mol. The number of hydrogen-bond donors (Lipinski definition) is 2. The molecule has 0 spiro atoms. The number of allylic oxidation sites excluding steroid dienone is 1. The summed E-state index contributed by atoms with van der Waals surface area (Å²) >= 11 is 0. The van der Waals surface area contributed by atoms with Crippen molar-refractivity contribution in [2.75, 3.05) is 0 Å². The second-order valence-corrected chi connectivity index (χ2v) is 3.95. The quantitative estimate of drug-likeness (QED) is 0.669. The molecule has 0 aliphatic heterocycles. The highest BCUT2D eigenvalue weighted by Gasteiger charge is 2.28. The summed E-state index contributed by atoms with van der Waals surface area (Å²) in [5.41, 5.74) is 8.93. The Morgan fingerprint density at radius 3 is 2.73 bits per heavy atom. The number of nitrogens with one attached hydrogen (secondary N) is 1. The fraction of sp³-hybridized carbons (Fsp3) is 0.455. The molecular formula is C11H14N2O2. The molecule has 2 amide bonds. The van der Waals surface area contributed by atoms with Crippen molar-refractivity contribution in [2.24, 2.45) is 5.73 Å². The van der Waals surface area contributed by atoms with Crippen molar-refractivity contribution in [1.29, 1.82) is 0 Å². The Labute approximate surface area is 88.2 Å². The highest BCUT2D eigenvalue weighted by Crippen LogP contribution is 2.39. The van der Waals surface area contributed by atoms with E-state index in [9.17, 15) is 9.59 Å². The van der Waals surface area contributed by atoms with Crippen molar-refractivity contribution in [1.82, 2.24) is 5.32 Å². The van der Waals surface area contributed by atoms with Gasteiger partial charge in [0.25, 0.3) is 5.91 Å². The molecule has 0 aromatic heterocycles. The van der Waals surface area contributed by atoms with Gasteiger partial charge in [-0.05, 0) is 31.3 Å². The van der Waals surface area contributed by atoms with E-state index in [2.05, 4.69) is 5.32 Å². The molecule has 3 N–H and O–H groups in total. The number of hydrogen-bond acceptors (Lipinski definition) is 2. The molecule has 0 fully saturated rings. The van der Waals surface area contributed by atoms with E-state index in [1.165, 1.54) is 12.0 Å². The lowest BCUT2D eigenvalue weighted by Crippen LogP contribution is -2.20. The van der Waals surface area contributed by atoms with E-state index >= 15 is 0 Å². The second-order valence-electron chi connectivity index (χ2n) is 3.95. The maximum absolute atomic E-state index is 11.3. The molecule has 0 saturated carbocycles. The zero-order valence-electron chi connectivity index (χ0n) is 8.51. The van der Waals surface area contributed by atoms with E-state index in [-0.39, 0.29) is 0 Å². The van der Waals surface area contributed by atoms with E-state index in [4.69, 9.17) is 5.73 Å². The van der Waals surface area contributed by atoms with Crippen molar-refractivity contribution >= 4 is 12.3 Å². The summed E-state index contributed by atoms with van der Waals surface area (Å²) < 4.78 is 0. The fourth-order valence-electron chi connectivity index (χ4n) is 2.44. The van der Waals surface area contributed by atoms with E-state index in [1.54, 1.807) is 0 Å². The van der Waals surface area contributed by atoms with E-state index in [0.29, 0.717) is 24.1 Å². The smallest absolute Gasteiger partial charge is 0.250 e. The molecule has 4 heteroatoms. The van der Waals surface area contributed by atoms with Crippen molar-refractivity contribution in [3.8, 4) is 0 Å². The standard InChI is InChI=1S/C11H14N2O2/c12-11(15)10-8-4-2-1-3-7(8)5-9(10)13-6-14/h6H,1-5H2,(H2,12,15)(H,13,14). The van der Waals surface area contributed by atoms with Crippen LogP contribution in [0.4, 0.5) is 0 Å². The summed E-state index contributed by atoms with van der Waals surface area (Å²) in [5, 5.41) is 2.59. The largest absolute Gasteiger partial charge is 0.366 e. The fourth-order valence-corrected chi connectivity index (χ4v) is 2.44. The number of rotatable bonds is 3. The molecule has 2 rings (SSSR count). The number of carbonyl (C=O) groups is 2. The number of primary amides is 1. The summed E-state index contributed by atoms with van der Waals surface area (Å²) in [5.74, 6) is -0.425. The van der Waals surface area contributed by atoms with Crippen LogP contribution in [0.15, 0.2) is 22.4 Å². The number of carbonyl (C=O) groups excluding carboxylic acids is 2. The molecule has 4 nitrogen and oxygen atoms in total. The zero-order chi connectivity index (χ0) is 10.8. The van der Waals surface area contributed by atoms with Crippen LogP contribution < -0.4 is 11.1 Å². The van der Waals surface area contributed by atoms with Crippen molar-refractivity contribution in [2.45, 2.75) is 32.1 Å². The Hall–Kier alpha value is -1.58. The van der Waals surface area contributed by atoms with Crippen LogP contribution >= 0.6 is 0 Å². The number of amides is 2. The molecule has 0 heterocycles. The minimum absolute atomic E-state index is 0.425. The van der Waals surface area contributed by atoms with Gasteiger partial charge in [0.05, 0.1) is 5.57 Å².